The third-order valence-electron chi connectivity index (χ3n) is 4.95. The predicted octanol–water partition coefficient (Wildman–Crippen LogP) is 3.19. The summed E-state index contributed by atoms with van der Waals surface area (Å²) in [6.07, 6.45) is 4.56. The van der Waals surface area contributed by atoms with Crippen LogP contribution >= 0.6 is 0 Å². The van der Waals surface area contributed by atoms with Crippen LogP contribution < -0.4 is 4.72 Å². The van der Waals surface area contributed by atoms with Crippen LogP contribution in [-0.4, -0.2) is 35.8 Å². The Morgan fingerprint density at radius 1 is 1.11 bits per heavy atom. The zero-order valence-corrected chi connectivity index (χ0v) is 16.0. The summed E-state index contributed by atoms with van der Waals surface area (Å²) in [5, 5.41) is 19.3. The number of benzene rings is 2. The van der Waals surface area contributed by atoms with Crippen molar-refractivity contribution in [3.63, 3.8) is 0 Å². The van der Waals surface area contributed by atoms with Crippen LogP contribution in [0.25, 0.3) is 10.8 Å². The van der Waals surface area contributed by atoms with Crippen molar-refractivity contribution >= 4 is 38.4 Å². The summed E-state index contributed by atoms with van der Waals surface area (Å²) >= 11 is 0. The number of carboxylic acid groups (broad SMARTS) is 2. The third kappa shape index (κ3) is 3.87. The first-order valence-electron chi connectivity index (χ1n) is 8.86. The van der Waals surface area contributed by atoms with Crippen LogP contribution in [0.4, 0.5) is 5.69 Å². The van der Waals surface area contributed by atoms with Gasteiger partial charge in [0.2, 0.25) is 10.0 Å². The molecule has 0 amide bonds. The van der Waals surface area contributed by atoms with Gasteiger partial charge in [-0.3, -0.25) is 14.3 Å². The van der Waals surface area contributed by atoms with Gasteiger partial charge in [-0.1, -0.05) is 55.5 Å². The topological polar surface area (TPSA) is 121 Å². The highest BCUT2D eigenvalue weighted by Crippen LogP contribution is 2.35. The van der Waals surface area contributed by atoms with Gasteiger partial charge in [0, 0.05) is 10.9 Å². The molecule has 0 unspecified atom stereocenters. The van der Waals surface area contributed by atoms with Crippen LogP contribution in [0, 0.1) is 5.92 Å². The Balaban J connectivity index is 2.15. The number of aliphatic carboxylic acids is 2. The predicted molar refractivity (Wildman–Crippen MR) is 106 cm³/mol. The Bertz CT molecular complexity index is 1050. The highest BCUT2D eigenvalue weighted by atomic mass is 32.2. The average Bonchev–Trinajstić information content (AvgIpc) is 2.63. The fourth-order valence-electron chi connectivity index (χ4n) is 3.55. The van der Waals surface area contributed by atoms with Crippen LogP contribution in [0.2, 0.25) is 0 Å². The molecule has 0 heterocycles. The van der Waals surface area contributed by atoms with Gasteiger partial charge in [0.05, 0.1) is 10.9 Å². The minimum absolute atomic E-state index is 0.00936. The van der Waals surface area contributed by atoms with Gasteiger partial charge < -0.3 is 10.2 Å². The Kier molecular flexibility index (Phi) is 5.42. The summed E-state index contributed by atoms with van der Waals surface area (Å²) in [6, 6.07) is 9.79. The van der Waals surface area contributed by atoms with Gasteiger partial charge in [0.1, 0.15) is 0 Å². The molecule has 1 aliphatic carbocycles. The lowest BCUT2D eigenvalue weighted by Gasteiger charge is -2.25. The number of anilines is 1. The molecule has 7 nitrogen and oxygen atoms in total. The number of nitrogens with one attached hydrogen (secondary N) is 1. The highest BCUT2D eigenvalue weighted by Gasteiger charge is 2.34. The Labute approximate surface area is 162 Å². The zero-order valence-electron chi connectivity index (χ0n) is 15.2. The van der Waals surface area contributed by atoms with Crippen LogP contribution in [0.3, 0.4) is 0 Å². The second kappa shape index (κ2) is 7.63. The van der Waals surface area contributed by atoms with E-state index < -0.39 is 33.1 Å². The van der Waals surface area contributed by atoms with E-state index in [0.717, 1.165) is 0 Å². The van der Waals surface area contributed by atoms with Crippen molar-refractivity contribution < 1.29 is 28.2 Å². The van der Waals surface area contributed by atoms with E-state index in [1.807, 2.05) is 19.1 Å². The zero-order chi connectivity index (χ0) is 20.5. The molecule has 0 saturated heterocycles. The molecule has 148 valence electrons. The first-order valence-corrected chi connectivity index (χ1v) is 10.4. The lowest BCUT2D eigenvalue weighted by atomic mass is 9.94. The molecular formula is C20H21NO6S. The van der Waals surface area contributed by atoms with E-state index in [9.17, 15) is 28.2 Å². The maximum atomic E-state index is 13.0. The van der Waals surface area contributed by atoms with Gasteiger partial charge in [-0.2, -0.15) is 0 Å². The van der Waals surface area contributed by atoms with Gasteiger partial charge in [-0.15, -0.1) is 0 Å². The monoisotopic (exact) mass is 403 g/mol. The van der Waals surface area contributed by atoms with E-state index in [2.05, 4.69) is 4.72 Å². The highest BCUT2D eigenvalue weighted by molar-refractivity contribution is 7.93. The molecule has 3 N–H and O–H groups in total. The number of rotatable bonds is 6. The quantitative estimate of drug-likeness (QED) is 0.503. The Morgan fingerprint density at radius 3 is 2.43 bits per heavy atom. The molecule has 2 aromatic carbocycles. The van der Waals surface area contributed by atoms with E-state index in [-0.39, 0.29) is 17.2 Å². The third-order valence-corrected chi connectivity index (χ3v) is 6.70. The molecular weight excluding hydrogens is 382 g/mol. The summed E-state index contributed by atoms with van der Waals surface area (Å²) < 4.78 is 28.6. The molecule has 0 spiro atoms. The Hall–Kier alpha value is -2.87. The molecule has 2 aromatic rings. The van der Waals surface area contributed by atoms with Gasteiger partial charge >= 0.3 is 11.9 Å². The number of fused-ring (bicyclic) bond motifs is 1. The standard InChI is InChI=1S/C20H21NO6S/c1-12-5-4-7-14(11-12)28(26,27)21-18-15-8-3-2-6-13(15)9-10-16(18)17(19(22)23)20(24)25/h2-6,8-10,12,14,17,21H,7,11H2,1H3,(H,22,23)(H,24,25)/t12-,14-/m1/s1. The average molecular weight is 403 g/mol. The summed E-state index contributed by atoms with van der Waals surface area (Å²) in [5.74, 6) is -4.89. The number of hydrogen-bond donors (Lipinski definition) is 3. The van der Waals surface area contributed by atoms with Crippen LogP contribution in [0.15, 0.2) is 48.6 Å². The maximum absolute atomic E-state index is 13.0. The fourth-order valence-corrected chi connectivity index (χ4v) is 5.15. The molecule has 0 fully saturated rings. The lowest BCUT2D eigenvalue weighted by Crippen LogP contribution is -2.31. The van der Waals surface area contributed by atoms with Crippen LogP contribution in [-0.2, 0) is 19.6 Å². The summed E-state index contributed by atoms with van der Waals surface area (Å²) in [5.41, 5.74) is -0.0863. The maximum Gasteiger partial charge on any atom is 0.322 e. The SMILES string of the molecule is C[C@@H]1C=CC[C@@H](S(=O)(=O)Nc2c(C(C(=O)O)C(=O)O)ccc3ccccc23)C1. The molecule has 0 radical (unpaired) electrons. The lowest BCUT2D eigenvalue weighted by molar-refractivity contribution is -0.150. The minimum Gasteiger partial charge on any atom is -0.480 e. The van der Waals surface area contributed by atoms with Gasteiger partial charge in [0.25, 0.3) is 0 Å². The first-order chi connectivity index (χ1) is 13.2. The second-order valence-corrected chi connectivity index (χ2v) is 8.97. The normalized spacial score (nSPS) is 19.6. The van der Waals surface area contributed by atoms with Crippen molar-refractivity contribution in [2.24, 2.45) is 5.92 Å². The van der Waals surface area contributed by atoms with E-state index in [1.54, 1.807) is 30.3 Å². The molecule has 0 aliphatic heterocycles. The summed E-state index contributed by atoms with van der Waals surface area (Å²) in [4.78, 5) is 23.1. The fraction of sp³-hybridized carbons (Fsp3) is 0.300. The summed E-state index contributed by atoms with van der Waals surface area (Å²) in [7, 11) is -3.86. The smallest absolute Gasteiger partial charge is 0.322 e. The molecule has 0 saturated carbocycles. The molecule has 3 rings (SSSR count). The van der Waals surface area contributed by atoms with Crippen LogP contribution in [0.5, 0.6) is 0 Å². The van der Waals surface area contributed by atoms with Crippen molar-refractivity contribution in [3.8, 4) is 0 Å². The van der Waals surface area contributed by atoms with Crippen molar-refractivity contribution in [1.82, 2.24) is 0 Å². The molecule has 0 aromatic heterocycles. The van der Waals surface area contributed by atoms with Crippen molar-refractivity contribution in [2.45, 2.75) is 30.9 Å². The molecule has 8 heteroatoms. The van der Waals surface area contributed by atoms with Crippen molar-refractivity contribution in [3.05, 3.63) is 54.1 Å². The van der Waals surface area contributed by atoms with E-state index in [0.29, 0.717) is 23.6 Å². The van der Waals surface area contributed by atoms with Gasteiger partial charge in [0.15, 0.2) is 5.92 Å². The number of carboxylic acids is 2. The second-order valence-electron chi connectivity index (χ2n) is 7.01. The largest absolute Gasteiger partial charge is 0.480 e. The van der Waals surface area contributed by atoms with Crippen molar-refractivity contribution in [2.75, 3.05) is 4.72 Å². The number of sulfonamides is 1. The van der Waals surface area contributed by atoms with E-state index in [1.165, 1.54) is 6.07 Å². The summed E-state index contributed by atoms with van der Waals surface area (Å²) in [6.45, 7) is 1.92. The molecule has 1 aliphatic rings. The molecule has 28 heavy (non-hydrogen) atoms. The van der Waals surface area contributed by atoms with Crippen LogP contribution in [0.1, 0.15) is 31.2 Å². The molecule has 0 bridgehead atoms. The minimum atomic E-state index is -3.86. The van der Waals surface area contributed by atoms with Gasteiger partial charge in [-0.25, -0.2) is 8.42 Å². The van der Waals surface area contributed by atoms with Crippen molar-refractivity contribution in [1.29, 1.82) is 0 Å². The number of allylic oxidation sites excluding steroid dienone is 2. The number of hydrogen-bond acceptors (Lipinski definition) is 4. The first kappa shape index (κ1) is 19.9. The Morgan fingerprint density at radius 2 is 1.79 bits per heavy atom. The van der Waals surface area contributed by atoms with E-state index in [4.69, 9.17) is 0 Å². The number of carbonyl (C=O) groups is 2. The van der Waals surface area contributed by atoms with E-state index >= 15 is 0 Å². The van der Waals surface area contributed by atoms with Gasteiger partial charge in [-0.05, 0) is 24.1 Å². The molecule has 2 atom stereocenters.